The molecule has 0 N–H and O–H groups in total. The Morgan fingerprint density at radius 2 is 1.75 bits per heavy atom. The normalized spacial score (nSPS) is 10.8. The zero-order valence-corrected chi connectivity index (χ0v) is 8.55. The molecule has 2 aromatic carbocycles. The van der Waals surface area contributed by atoms with Crippen LogP contribution in [0.25, 0.3) is 21.8 Å². The summed E-state index contributed by atoms with van der Waals surface area (Å²) in [6, 6.07) is 15.5. The molecule has 0 atom stereocenters. The van der Waals surface area contributed by atoms with E-state index >= 15 is 0 Å². The van der Waals surface area contributed by atoms with E-state index in [1.54, 1.807) is 0 Å². The summed E-state index contributed by atoms with van der Waals surface area (Å²) in [6.45, 7) is 0. The van der Waals surface area contributed by atoms with Gasteiger partial charge in [0.1, 0.15) is 0 Å². The number of aldehydes is 1. The summed E-state index contributed by atoms with van der Waals surface area (Å²) >= 11 is 0. The Labute approximate surface area is 92.5 Å². The third kappa shape index (κ3) is 1.27. The van der Waals surface area contributed by atoms with Crippen molar-refractivity contribution in [2.24, 2.45) is 0 Å². The number of para-hydroxylation sites is 1. The number of aromatic nitrogens is 1. The van der Waals surface area contributed by atoms with Crippen LogP contribution in [0.5, 0.6) is 0 Å². The Hall–Kier alpha value is -2.22. The van der Waals surface area contributed by atoms with Crippen LogP contribution in [0.4, 0.5) is 0 Å². The van der Waals surface area contributed by atoms with Gasteiger partial charge in [-0.25, -0.2) is 4.98 Å². The van der Waals surface area contributed by atoms with Gasteiger partial charge in [0.15, 0.2) is 6.29 Å². The lowest BCUT2D eigenvalue weighted by molar-refractivity contribution is 0.112. The third-order valence-electron chi connectivity index (χ3n) is 2.72. The number of hydrogen-bond donors (Lipinski definition) is 0. The minimum atomic E-state index is 0.691. The molecular weight excluding hydrogens is 198 g/mol. The van der Waals surface area contributed by atoms with Crippen LogP contribution in [0.2, 0.25) is 0 Å². The molecule has 0 saturated heterocycles. The molecular formula is C14H9NO. The fraction of sp³-hybridized carbons (Fsp3) is 0. The van der Waals surface area contributed by atoms with Gasteiger partial charge in [-0.15, -0.1) is 0 Å². The zero-order valence-electron chi connectivity index (χ0n) is 8.55. The molecule has 2 nitrogen and oxygen atoms in total. The van der Waals surface area contributed by atoms with Crippen molar-refractivity contribution in [1.82, 2.24) is 4.98 Å². The van der Waals surface area contributed by atoms with Crippen molar-refractivity contribution in [3.63, 3.8) is 0 Å². The van der Waals surface area contributed by atoms with Gasteiger partial charge in [0.2, 0.25) is 0 Å². The second-order valence-electron chi connectivity index (χ2n) is 3.71. The molecule has 0 spiro atoms. The molecule has 76 valence electrons. The molecule has 0 aliphatic rings. The van der Waals surface area contributed by atoms with Crippen molar-refractivity contribution in [1.29, 1.82) is 0 Å². The number of pyridine rings is 1. The summed E-state index contributed by atoms with van der Waals surface area (Å²) in [5.41, 5.74) is 2.51. The molecule has 0 amide bonds. The number of benzene rings is 2. The monoisotopic (exact) mass is 207 g/mol. The lowest BCUT2D eigenvalue weighted by Crippen LogP contribution is -1.87. The van der Waals surface area contributed by atoms with E-state index in [4.69, 9.17) is 0 Å². The average molecular weight is 207 g/mol. The van der Waals surface area contributed by atoms with Crippen LogP contribution in [0, 0.1) is 0 Å². The second kappa shape index (κ2) is 3.42. The van der Waals surface area contributed by atoms with Gasteiger partial charge in [-0.2, -0.15) is 0 Å². The van der Waals surface area contributed by atoms with Gasteiger partial charge in [-0.3, -0.25) is 4.79 Å². The van der Waals surface area contributed by atoms with Crippen molar-refractivity contribution in [3.8, 4) is 0 Å². The molecule has 1 heterocycles. The van der Waals surface area contributed by atoms with Crippen molar-refractivity contribution in [2.75, 3.05) is 0 Å². The standard InChI is InChI=1S/C14H9NO/c16-9-11-5-3-7-14-12(11)8-10-4-1-2-6-13(10)15-14/h1-9H. The highest BCUT2D eigenvalue weighted by Crippen LogP contribution is 2.21. The lowest BCUT2D eigenvalue weighted by atomic mass is 10.1. The quantitative estimate of drug-likeness (QED) is 0.453. The van der Waals surface area contributed by atoms with E-state index in [1.807, 2.05) is 48.5 Å². The first-order valence-electron chi connectivity index (χ1n) is 5.12. The van der Waals surface area contributed by atoms with E-state index in [2.05, 4.69) is 4.98 Å². The minimum Gasteiger partial charge on any atom is -0.298 e. The Morgan fingerprint density at radius 3 is 2.62 bits per heavy atom. The highest BCUT2D eigenvalue weighted by molar-refractivity contribution is 6.01. The first kappa shape index (κ1) is 9.04. The molecule has 1 aromatic heterocycles. The second-order valence-corrected chi connectivity index (χ2v) is 3.71. The van der Waals surface area contributed by atoms with Gasteiger partial charge in [-0.1, -0.05) is 30.3 Å². The minimum absolute atomic E-state index is 0.691. The van der Waals surface area contributed by atoms with Gasteiger partial charge < -0.3 is 0 Å². The van der Waals surface area contributed by atoms with E-state index < -0.39 is 0 Å². The molecule has 0 bridgehead atoms. The topological polar surface area (TPSA) is 30.0 Å². The van der Waals surface area contributed by atoms with E-state index in [0.29, 0.717) is 5.56 Å². The molecule has 0 aliphatic heterocycles. The Morgan fingerprint density at radius 1 is 0.938 bits per heavy atom. The maximum atomic E-state index is 10.9. The largest absolute Gasteiger partial charge is 0.298 e. The highest BCUT2D eigenvalue weighted by Gasteiger charge is 2.02. The average Bonchev–Trinajstić information content (AvgIpc) is 2.35. The molecule has 0 radical (unpaired) electrons. The van der Waals surface area contributed by atoms with Crippen LogP contribution in [0.15, 0.2) is 48.5 Å². The fourth-order valence-corrected chi connectivity index (χ4v) is 1.92. The summed E-state index contributed by atoms with van der Waals surface area (Å²) < 4.78 is 0. The number of fused-ring (bicyclic) bond motifs is 2. The Kier molecular flexibility index (Phi) is 1.93. The number of carbonyl (C=O) groups excluding carboxylic acids is 1. The number of nitrogens with zero attached hydrogens (tertiary/aromatic N) is 1. The van der Waals surface area contributed by atoms with Gasteiger partial charge in [0.25, 0.3) is 0 Å². The van der Waals surface area contributed by atoms with Crippen molar-refractivity contribution in [3.05, 3.63) is 54.1 Å². The molecule has 0 aliphatic carbocycles. The predicted octanol–water partition coefficient (Wildman–Crippen LogP) is 3.20. The van der Waals surface area contributed by atoms with E-state index in [1.165, 1.54) is 0 Å². The summed E-state index contributed by atoms with van der Waals surface area (Å²) in [4.78, 5) is 15.5. The van der Waals surface area contributed by atoms with Crippen LogP contribution >= 0.6 is 0 Å². The van der Waals surface area contributed by atoms with Gasteiger partial charge >= 0.3 is 0 Å². The molecule has 0 saturated carbocycles. The SMILES string of the molecule is O=Cc1cccc2nc3ccccc3cc12. The highest BCUT2D eigenvalue weighted by atomic mass is 16.1. The molecule has 16 heavy (non-hydrogen) atoms. The van der Waals surface area contributed by atoms with Crippen LogP contribution in [-0.4, -0.2) is 11.3 Å². The molecule has 3 rings (SSSR count). The van der Waals surface area contributed by atoms with E-state index in [9.17, 15) is 4.79 Å². The first-order valence-corrected chi connectivity index (χ1v) is 5.12. The molecule has 0 unspecified atom stereocenters. The van der Waals surface area contributed by atoms with Crippen molar-refractivity contribution in [2.45, 2.75) is 0 Å². The molecule has 2 heteroatoms. The van der Waals surface area contributed by atoms with Crippen LogP contribution in [0.3, 0.4) is 0 Å². The summed E-state index contributed by atoms with van der Waals surface area (Å²) in [6.07, 6.45) is 0.874. The van der Waals surface area contributed by atoms with Crippen LogP contribution < -0.4 is 0 Å². The fourth-order valence-electron chi connectivity index (χ4n) is 1.92. The summed E-state index contributed by atoms with van der Waals surface area (Å²) in [5, 5.41) is 1.97. The van der Waals surface area contributed by atoms with Crippen LogP contribution in [0.1, 0.15) is 10.4 Å². The Bertz CT molecular complexity index is 688. The zero-order chi connectivity index (χ0) is 11.0. The number of carbonyl (C=O) groups is 1. The lowest BCUT2D eigenvalue weighted by Gasteiger charge is -2.02. The van der Waals surface area contributed by atoms with Gasteiger partial charge in [-0.05, 0) is 18.2 Å². The van der Waals surface area contributed by atoms with E-state index in [0.717, 1.165) is 28.1 Å². The number of hydrogen-bond acceptors (Lipinski definition) is 2. The predicted molar refractivity (Wildman–Crippen MR) is 64.6 cm³/mol. The molecule has 3 aromatic rings. The smallest absolute Gasteiger partial charge is 0.150 e. The number of rotatable bonds is 1. The third-order valence-corrected chi connectivity index (χ3v) is 2.72. The molecule has 0 fully saturated rings. The maximum absolute atomic E-state index is 10.9. The van der Waals surface area contributed by atoms with Crippen LogP contribution in [-0.2, 0) is 0 Å². The van der Waals surface area contributed by atoms with Crippen molar-refractivity contribution < 1.29 is 4.79 Å². The van der Waals surface area contributed by atoms with Gasteiger partial charge in [0, 0.05) is 16.3 Å². The van der Waals surface area contributed by atoms with Gasteiger partial charge in [0.05, 0.1) is 11.0 Å². The maximum Gasteiger partial charge on any atom is 0.150 e. The Balaban J connectivity index is 2.51. The van der Waals surface area contributed by atoms with E-state index in [-0.39, 0.29) is 0 Å². The van der Waals surface area contributed by atoms with Crippen molar-refractivity contribution >= 4 is 28.1 Å². The first-order chi connectivity index (χ1) is 7.88. The summed E-state index contributed by atoms with van der Waals surface area (Å²) in [7, 11) is 0. The summed E-state index contributed by atoms with van der Waals surface area (Å²) in [5.74, 6) is 0.